The Bertz CT molecular complexity index is 393. The number of hydrogen-bond donors (Lipinski definition) is 1. The van der Waals surface area contributed by atoms with Crippen LogP contribution in [0.5, 0.6) is 0 Å². The lowest BCUT2D eigenvalue weighted by Crippen LogP contribution is -2.23. The first-order valence-electron chi connectivity index (χ1n) is 5.30. The van der Waals surface area contributed by atoms with Gasteiger partial charge in [0.2, 0.25) is 0 Å². The molecule has 0 unspecified atom stereocenters. The molecule has 76 valence electrons. The molecule has 0 aromatic carbocycles. The highest BCUT2D eigenvalue weighted by molar-refractivity contribution is 5.31. The van der Waals surface area contributed by atoms with E-state index in [1.165, 1.54) is 12.0 Å². The topological polar surface area (TPSA) is 45.8 Å². The zero-order valence-corrected chi connectivity index (χ0v) is 8.76. The summed E-state index contributed by atoms with van der Waals surface area (Å²) in [4.78, 5) is 11.5. The van der Waals surface area contributed by atoms with E-state index in [-0.39, 0.29) is 5.56 Å². The minimum atomic E-state index is 0.0177. The Labute approximate surface area is 83.5 Å². The SMILES string of the molecule is CC(C)c1n[nH]c(=O)c2c1CCCC2. The van der Waals surface area contributed by atoms with Crippen LogP contribution in [0, 0.1) is 0 Å². The van der Waals surface area contributed by atoms with Gasteiger partial charge >= 0.3 is 0 Å². The summed E-state index contributed by atoms with van der Waals surface area (Å²) in [7, 11) is 0. The molecule has 1 aliphatic carbocycles. The van der Waals surface area contributed by atoms with Crippen LogP contribution in [-0.4, -0.2) is 10.2 Å². The number of fused-ring (bicyclic) bond motifs is 1. The minimum Gasteiger partial charge on any atom is -0.268 e. The maximum atomic E-state index is 11.5. The highest BCUT2D eigenvalue weighted by atomic mass is 16.1. The molecule has 3 heteroatoms. The van der Waals surface area contributed by atoms with Crippen molar-refractivity contribution >= 4 is 0 Å². The van der Waals surface area contributed by atoms with Crippen molar-refractivity contribution in [1.82, 2.24) is 10.2 Å². The van der Waals surface area contributed by atoms with Crippen molar-refractivity contribution in [2.45, 2.75) is 45.4 Å². The van der Waals surface area contributed by atoms with E-state index in [1.54, 1.807) is 0 Å². The molecule has 1 heterocycles. The summed E-state index contributed by atoms with van der Waals surface area (Å²) >= 11 is 0. The van der Waals surface area contributed by atoms with Gasteiger partial charge in [-0.3, -0.25) is 4.79 Å². The summed E-state index contributed by atoms with van der Waals surface area (Å²) < 4.78 is 0. The predicted molar refractivity (Wildman–Crippen MR) is 55.6 cm³/mol. The van der Waals surface area contributed by atoms with Gasteiger partial charge in [-0.2, -0.15) is 5.10 Å². The van der Waals surface area contributed by atoms with E-state index in [0.29, 0.717) is 5.92 Å². The second-order valence-electron chi connectivity index (χ2n) is 4.26. The van der Waals surface area contributed by atoms with Crippen LogP contribution in [0.2, 0.25) is 0 Å². The van der Waals surface area contributed by atoms with Gasteiger partial charge in [0.15, 0.2) is 0 Å². The van der Waals surface area contributed by atoms with E-state index >= 15 is 0 Å². The maximum absolute atomic E-state index is 11.5. The molecular formula is C11H16N2O. The largest absolute Gasteiger partial charge is 0.268 e. The van der Waals surface area contributed by atoms with Gasteiger partial charge in [-0.1, -0.05) is 13.8 Å². The highest BCUT2D eigenvalue weighted by Crippen LogP contribution is 2.24. The van der Waals surface area contributed by atoms with E-state index in [9.17, 15) is 4.79 Å². The molecule has 3 nitrogen and oxygen atoms in total. The fourth-order valence-electron chi connectivity index (χ4n) is 2.16. The summed E-state index contributed by atoms with van der Waals surface area (Å²) in [5.74, 6) is 0.402. The molecule has 0 radical (unpaired) electrons. The second kappa shape index (κ2) is 3.56. The molecule has 0 fully saturated rings. The maximum Gasteiger partial charge on any atom is 0.267 e. The highest BCUT2D eigenvalue weighted by Gasteiger charge is 2.18. The minimum absolute atomic E-state index is 0.0177. The summed E-state index contributed by atoms with van der Waals surface area (Å²) in [5.41, 5.74) is 3.30. The summed E-state index contributed by atoms with van der Waals surface area (Å²) in [6, 6.07) is 0. The van der Waals surface area contributed by atoms with E-state index in [1.807, 2.05) is 0 Å². The van der Waals surface area contributed by atoms with E-state index in [0.717, 1.165) is 30.5 Å². The molecule has 2 rings (SSSR count). The van der Waals surface area contributed by atoms with Crippen molar-refractivity contribution in [2.24, 2.45) is 0 Å². The van der Waals surface area contributed by atoms with E-state index in [4.69, 9.17) is 0 Å². The van der Waals surface area contributed by atoms with Crippen LogP contribution in [0.15, 0.2) is 4.79 Å². The van der Waals surface area contributed by atoms with Gasteiger partial charge in [0.1, 0.15) is 0 Å². The van der Waals surface area contributed by atoms with Gasteiger partial charge in [-0.05, 0) is 37.2 Å². The Morgan fingerprint density at radius 2 is 1.86 bits per heavy atom. The fraction of sp³-hybridized carbons (Fsp3) is 0.636. The van der Waals surface area contributed by atoms with E-state index in [2.05, 4.69) is 24.0 Å². The van der Waals surface area contributed by atoms with Crippen molar-refractivity contribution in [3.05, 3.63) is 27.2 Å². The molecule has 1 aliphatic rings. The van der Waals surface area contributed by atoms with E-state index < -0.39 is 0 Å². The third kappa shape index (κ3) is 1.47. The van der Waals surface area contributed by atoms with Crippen LogP contribution < -0.4 is 5.56 Å². The number of rotatable bonds is 1. The van der Waals surface area contributed by atoms with Gasteiger partial charge in [-0.15, -0.1) is 0 Å². The lowest BCUT2D eigenvalue weighted by atomic mass is 9.89. The Hall–Kier alpha value is -1.12. The monoisotopic (exact) mass is 192 g/mol. The zero-order valence-electron chi connectivity index (χ0n) is 8.76. The van der Waals surface area contributed by atoms with Crippen LogP contribution in [0.4, 0.5) is 0 Å². The van der Waals surface area contributed by atoms with Crippen LogP contribution >= 0.6 is 0 Å². The average molecular weight is 192 g/mol. The van der Waals surface area contributed by atoms with Crippen LogP contribution in [0.25, 0.3) is 0 Å². The standard InChI is InChI=1S/C11H16N2O/c1-7(2)10-8-5-3-4-6-9(8)11(14)13-12-10/h7H,3-6H2,1-2H3,(H,13,14). The summed E-state index contributed by atoms with van der Waals surface area (Å²) in [6.07, 6.45) is 4.28. The van der Waals surface area contributed by atoms with Gasteiger partial charge in [0.25, 0.3) is 5.56 Å². The van der Waals surface area contributed by atoms with Crippen molar-refractivity contribution in [3.8, 4) is 0 Å². The molecule has 0 bridgehead atoms. The molecule has 1 N–H and O–H groups in total. The Morgan fingerprint density at radius 1 is 1.21 bits per heavy atom. The quantitative estimate of drug-likeness (QED) is 0.737. The molecule has 0 atom stereocenters. The normalized spacial score (nSPS) is 15.6. The smallest absolute Gasteiger partial charge is 0.267 e. The van der Waals surface area contributed by atoms with Gasteiger partial charge in [-0.25, -0.2) is 5.10 Å². The number of hydrogen-bond acceptors (Lipinski definition) is 2. The van der Waals surface area contributed by atoms with Crippen molar-refractivity contribution in [1.29, 1.82) is 0 Å². The Kier molecular flexibility index (Phi) is 2.40. The van der Waals surface area contributed by atoms with Crippen molar-refractivity contribution < 1.29 is 0 Å². The molecule has 0 aliphatic heterocycles. The lowest BCUT2D eigenvalue weighted by Gasteiger charge is -2.18. The first-order valence-corrected chi connectivity index (χ1v) is 5.30. The van der Waals surface area contributed by atoms with Crippen molar-refractivity contribution in [3.63, 3.8) is 0 Å². The Morgan fingerprint density at radius 3 is 2.50 bits per heavy atom. The average Bonchev–Trinajstić information content (AvgIpc) is 2.18. The second-order valence-corrected chi connectivity index (χ2v) is 4.26. The summed E-state index contributed by atoms with van der Waals surface area (Å²) in [6.45, 7) is 4.24. The molecule has 14 heavy (non-hydrogen) atoms. The number of nitrogens with zero attached hydrogens (tertiary/aromatic N) is 1. The number of nitrogens with one attached hydrogen (secondary N) is 1. The molecule has 0 spiro atoms. The van der Waals surface area contributed by atoms with Gasteiger partial charge < -0.3 is 0 Å². The zero-order chi connectivity index (χ0) is 10.1. The van der Waals surface area contributed by atoms with Gasteiger partial charge in [0.05, 0.1) is 5.69 Å². The number of aromatic nitrogens is 2. The predicted octanol–water partition coefficient (Wildman–Crippen LogP) is 1.77. The van der Waals surface area contributed by atoms with Crippen LogP contribution in [0.3, 0.4) is 0 Å². The third-order valence-corrected chi connectivity index (χ3v) is 2.88. The number of H-pyrrole nitrogens is 1. The first kappa shape index (κ1) is 9.44. The lowest BCUT2D eigenvalue weighted by molar-refractivity contribution is 0.638. The third-order valence-electron chi connectivity index (χ3n) is 2.88. The first-order chi connectivity index (χ1) is 6.70. The molecule has 0 saturated carbocycles. The van der Waals surface area contributed by atoms with Crippen LogP contribution in [-0.2, 0) is 12.8 Å². The Balaban J connectivity index is 2.59. The van der Waals surface area contributed by atoms with Crippen LogP contribution in [0.1, 0.15) is 49.4 Å². The summed E-state index contributed by atoms with van der Waals surface area (Å²) in [5, 5.41) is 6.76. The number of aromatic amines is 1. The molecule has 1 aromatic heterocycles. The van der Waals surface area contributed by atoms with Gasteiger partial charge in [0, 0.05) is 5.56 Å². The molecule has 1 aromatic rings. The fourth-order valence-corrected chi connectivity index (χ4v) is 2.16. The van der Waals surface area contributed by atoms with Crippen molar-refractivity contribution in [2.75, 3.05) is 0 Å². The molecule has 0 saturated heterocycles. The molecular weight excluding hydrogens is 176 g/mol. The molecule has 0 amide bonds.